The van der Waals surface area contributed by atoms with E-state index in [4.69, 9.17) is 4.74 Å². The molecule has 22 heavy (non-hydrogen) atoms. The second-order valence-electron chi connectivity index (χ2n) is 5.42. The van der Waals surface area contributed by atoms with Gasteiger partial charge in [-0.2, -0.15) is 0 Å². The number of fused-ring (bicyclic) bond motifs is 1. The predicted molar refractivity (Wildman–Crippen MR) is 86.7 cm³/mol. The van der Waals surface area contributed by atoms with Crippen molar-refractivity contribution in [1.82, 2.24) is 0 Å². The quantitative estimate of drug-likeness (QED) is 0.834. The number of nitrogens with one attached hydrogen (secondary N) is 1. The Morgan fingerprint density at radius 2 is 1.86 bits per heavy atom. The second kappa shape index (κ2) is 5.57. The number of hydrogen-bond acceptors (Lipinski definition) is 3. The van der Waals surface area contributed by atoms with Crippen molar-refractivity contribution in [2.24, 2.45) is 0 Å². The van der Waals surface area contributed by atoms with Crippen molar-refractivity contribution in [3.63, 3.8) is 0 Å². The van der Waals surface area contributed by atoms with Crippen LogP contribution >= 0.6 is 15.9 Å². The van der Waals surface area contributed by atoms with Crippen LogP contribution in [0.2, 0.25) is 0 Å². The Morgan fingerprint density at radius 1 is 1.18 bits per heavy atom. The van der Waals surface area contributed by atoms with Crippen molar-refractivity contribution in [2.75, 3.05) is 5.32 Å². The molecule has 1 N–H and O–H groups in total. The van der Waals surface area contributed by atoms with Crippen molar-refractivity contribution < 1.29 is 14.3 Å². The van der Waals surface area contributed by atoms with Gasteiger partial charge in [0.15, 0.2) is 5.60 Å². The van der Waals surface area contributed by atoms with Gasteiger partial charge < -0.3 is 10.1 Å². The van der Waals surface area contributed by atoms with Gasteiger partial charge in [-0.1, -0.05) is 34.1 Å². The van der Waals surface area contributed by atoms with E-state index in [0.717, 1.165) is 10.0 Å². The molecular weight excluding hydrogens is 346 g/mol. The molecule has 0 saturated carbocycles. The van der Waals surface area contributed by atoms with E-state index in [1.165, 1.54) is 0 Å². The minimum absolute atomic E-state index is 0.335. The van der Waals surface area contributed by atoms with E-state index in [9.17, 15) is 9.59 Å². The molecule has 0 spiro atoms. The summed E-state index contributed by atoms with van der Waals surface area (Å²) in [6.07, 6.45) is 0.358. The van der Waals surface area contributed by atoms with Crippen LogP contribution in [0.3, 0.4) is 0 Å². The fraction of sp³-hybridized carbons (Fsp3) is 0.176. The Hall–Kier alpha value is -2.14. The number of carbonyl (C=O) groups excluding carboxylic acids is 2. The third kappa shape index (κ3) is 2.76. The number of carbonyl (C=O) groups is 2. The normalized spacial score (nSPS) is 20.0. The fourth-order valence-corrected chi connectivity index (χ4v) is 2.72. The molecule has 0 aromatic heterocycles. The number of halogens is 1. The average molecular weight is 360 g/mol. The maximum Gasteiger partial charge on any atom is 0.339 e. The first-order valence-corrected chi connectivity index (χ1v) is 7.65. The van der Waals surface area contributed by atoms with Crippen LogP contribution in [0.5, 0.6) is 0 Å². The Balaban J connectivity index is 1.83. The zero-order chi connectivity index (χ0) is 15.7. The van der Waals surface area contributed by atoms with E-state index < -0.39 is 11.6 Å². The third-order valence-corrected chi connectivity index (χ3v) is 4.19. The zero-order valence-corrected chi connectivity index (χ0v) is 13.5. The van der Waals surface area contributed by atoms with E-state index >= 15 is 0 Å². The molecule has 3 rings (SSSR count). The summed E-state index contributed by atoms with van der Waals surface area (Å²) in [6.45, 7) is 1.63. The smallest absolute Gasteiger partial charge is 0.339 e. The number of rotatable bonds is 2. The Kier molecular flexibility index (Phi) is 3.74. The van der Waals surface area contributed by atoms with E-state index in [1.54, 1.807) is 31.2 Å². The molecule has 1 amide bonds. The van der Waals surface area contributed by atoms with Crippen LogP contribution in [-0.2, 0) is 16.0 Å². The summed E-state index contributed by atoms with van der Waals surface area (Å²) >= 11 is 3.34. The van der Waals surface area contributed by atoms with Gasteiger partial charge in [-0.15, -0.1) is 0 Å². The molecule has 0 bridgehead atoms. The molecule has 1 aliphatic rings. The number of cyclic esters (lactones) is 1. The third-order valence-electron chi connectivity index (χ3n) is 3.67. The Morgan fingerprint density at radius 3 is 2.59 bits per heavy atom. The van der Waals surface area contributed by atoms with Crippen LogP contribution in [-0.4, -0.2) is 17.5 Å². The number of hydrogen-bond donors (Lipinski definition) is 1. The SMILES string of the molecule is C[C@]1(C(=O)Nc2ccc(Br)cc2)Cc2ccccc2C(=O)O1. The molecule has 0 aliphatic carbocycles. The van der Waals surface area contributed by atoms with Gasteiger partial charge in [0.2, 0.25) is 0 Å². The molecule has 5 heteroatoms. The van der Waals surface area contributed by atoms with Crippen LogP contribution in [0.4, 0.5) is 5.69 Å². The van der Waals surface area contributed by atoms with E-state index in [-0.39, 0.29) is 5.91 Å². The lowest BCUT2D eigenvalue weighted by Crippen LogP contribution is -2.48. The summed E-state index contributed by atoms with van der Waals surface area (Å²) < 4.78 is 6.32. The average Bonchev–Trinajstić information content (AvgIpc) is 2.49. The summed E-state index contributed by atoms with van der Waals surface area (Å²) in [7, 11) is 0. The van der Waals surface area contributed by atoms with Gasteiger partial charge in [-0.25, -0.2) is 4.79 Å². The molecule has 0 saturated heterocycles. The summed E-state index contributed by atoms with van der Waals surface area (Å²) in [5, 5.41) is 2.79. The van der Waals surface area contributed by atoms with E-state index in [0.29, 0.717) is 17.7 Å². The minimum atomic E-state index is -1.21. The highest BCUT2D eigenvalue weighted by molar-refractivity contribution is 9.10. The van der Waals surface area contributed by atoms with Crippen molar-refractivity contribution in [3.05, 3.63) is 64.1 Å². The molecule has 2 aromatic rings. The highest BCUT2D eigenvalue weighted by Crippen LogP contribution is 2.29. The van der Waals surface area contributed by atoms with Gasteiger partial charge in [0.25, 0.3) is 5.91 Å². The molecule has 0 radical (unpaired) electrons. The van der Waals surface area contributed by atoms with Gasteiger partial charge in [0.1, 0.15) is 0 Å². The van der Waals surface area contributed by atoms with Gasteiger partial charge in [-0.3, -0.25) is 4.79 Å². The van der Waals surface area contributed by atoms with E-state index in [2.05, 4.69) is 21.2 Å². The zero-order valence-electron chi connectivity index (χ0n) is 11.9. The molecule has 0 unspecified atom stereocenters. The highest BCUT2D eigenvalue weighted by atomic mass is 79.9. The molecule has 1 heterocycles. The number of amides is 1. The Labute approximate surface area is 136 Å². The lowest BCUT2D eigenvalue weighted by atomic mass is 9.89. The largest absolute Gasteiger partial charge is 0.445 e. The summed E-state index contributed by atoms with van der Waals surface area (Å²) in [6, 6.07) is 14.4. The number of benzene rings is 2. The Bertz CT molecular complexity index is 742. The van der Waals surface area contributed by atoms with Gasteiger partial charge in [-0.05, 0) is 42.8 Å². The van der Waals surface area contributed by atoms with Crippen LogP contribution in [0, 0.1) is 0 Å². The van der Waals surface area contributed by atoms with Crippen LogP contribution in [0.25, 0.3) is 0 Å². The topological polar surface area (TPSA) is 55.4 Å². The number of ether oxygens (including phenoxy) is 1. The predicted octanol–water partition coefficient (Wildman–Crippen LogP) is 3.56. The molecule has 112 valence electrons. The molecule has 1 atom stereocenters. The fourth-order valence-electron chi connectivity index (χ4n) is 2.46. The maximum absolute atomic E-state index is 12.5. The van der Waals surface area contributed by atoms with E-state index in [1.807, 2.05) is 24.3 Å². The standard InChI is InChI=1S/C17H14BrNO3/c1-17(16(21)19-13-8-6-12(18)7-9-13)10-11-4-2-3-5-14(11)15(20)22-17/h2-9H,10H2,1H3,(H,19,21)/t17-/m1/s1. The summed E-state index contributed by atoms with van der Waals surface area (Å²) in [5.74, 6) is -0.798. The molecule has 4 nitrogen and oxygen atoms in total. The summed E-state index contributed by atoms with van der Waals surface area (Å²) in [4.78, 5) is 24.6. The van der Waals surface area contributed by atoms with Crippen LogP contribution < -0.4 is 5.32 Å². The number of anilines is 1. The maximum atomic E-state index is 12.5. The monoisotopic (exact) mass is 359 g/mol. The molecular formula is C17H14BrNO3. The van der Waals surface area contributed by atoms with Gasteiger partial charge in [0.05, 0.1) is 5.56 Å². The summed E-state index contributed by atoms with van der Waals surface area (Å²) in [5.41, 5.74) is 0.798. The van der Waals surface area contributed by atoms with Gasteiger partial charge >= 0.3 is 5.97 Å². The minimum Gasteiger partial charge on any atom is -0.445 e. The first-order valence-electron chi connectivity index (χ1n) is 6.86. The number of esters is 1. The lowest BCUT2D eigenvalue weighted by molar-refractivity contribution is -0.134. The first kappa shape index (κ1) is 14.8. The molecule has 2 aromatic carbocycles. The van der Waals surface area contributed by atoms with Crippen molar-refractivity contribution in [2.45, 2.75) is 18.9 Å². The van der Waals surface area contributed by atoms with Crippen LogP contribution in [0.15, 0.2) is 53.0 Å². The van der Waals surface area contributed by atoms with Crippen molar-refractivity contribution in [3.8, 4) is 0 Å². The second-order valence-corrected chi connectivity index (χ2v) is 6.33. The highest BCUT2D eigenvalue weighted by Gasteiger charge is 2.42. The van der Waals surface area contributed by atoms with Crippen molar-refractivity contribution in [1.29, 1.82) is 0 Å². The van der Waals surface area contributed by atoms with Crippen LogP contribution in [0.1, 0.15) is 22.8 Å². The van der Waals surface area contributed by atoms with Gasteiger partial charge in [0, 0.05) is 16.6 Å². The molecule has 0 fully saturated rings. The lowest BCUT2D eigenvalue weighted by Gasteiger charge is -2.33. The van der Waals surface area contributed by atoms with Crippen molar-refractivity contribution >= 4 is 33.5 Å². The molecule has 1 aliphatic heterocycles. The first-order chi connectivity index (χ1) is 10.5.